The van der Waals surface area contributed by atoms with Gasteiger partial charge in [-0.1, -0.05) is 6.92 Å². The lowest BCUT2D eigenvalue weighted by Gasteiger charge is -2.37. The topological polar surface area (TPSA) is 91.9 Å². The zero-order valence-electron chi connectivity index (χ0n) is 18.5. The predicted octanol–water partition coefficient (Wildman–Crippen LogP) is 2.16. The standard InChI is InChI=1S/C22H33N3O5/c1-5-30-22(28)18-15(3)19(23-16(18)4)21(27)24-8-6-17(7-9-24)14(2)20(26)25-10-12-29-13-11-25/h14,17,23H,5-13H2,1-4H3. The molecule has 0 saturated carbocycles. The molecular formula is C22H33N3O5. The average molecular weight is 420 g/mol. The van der Waals surface area contributed by atoms with Crippen molar-refractivity contribution in [3.63, 3.8) is 0 Å². The summed E-state index contributed by atoms with van der Waals surface area (Å²) < 4.78 is 10.4. The van der Waals surface area contributed by atoms with E-state index in [1.54, 1.807) is 20.8 Å². The highest BCUT2D eigenvalue weighted by atomic mass is 16.5. The van der Waals surface area contributed by atoms with Crippen LogP contribution in [-0.2, 0) is 14.3 Å². The van der Waals surface area contributed by atoms with E-state index in [1.165, 1.54) is 0 Å². The van der Waals surface area contributed by atoms with Crippen molar-refractivity contribution in [3.8, 4) is 0 Å². The van der Waals surface area contributed by atoms with Gasteiger partial charge in [0.2, 0.25) is 5.91 Å². The number of rotatable bonds is 5. The van der Waals surface area contributed by atoms with Crippen LogP contribution in [0.2, 0.25) is 0 Å². The van der Waals surface area contributed by atoms with Crippen molar-refractivity contribution in [1.29, 1.82) is 0 Å². The summed E-state index contributed by atoms with van der Waals surface area (Å²) in [4.78, 5) is 44.8. The molecule has 2 fully saturated rings. The van der Waals surface area contributed by atoms with Gasteiger partial charge < -0.3 is 24.3 Å². The van der Waals surface area contributed by atoms with E-state index in [1.807, 2.05) is 16.7 Å². The minimum atomic E-state index is -0.406. The number of H-pyrrole nitrogens is 1. The highest BCUT2D eigenvalue weighted by molar-refractivity contribution is 6.00. The highest BCUT2D eigenvalue weighted by Gasteiger charge is 2.34. The van der Waals surface area contributed by atoms with E-state index in [2.05, 4.69) is 4.98 Å². The van der Waals surface area contributed by atoms with Crippen molar-refractivity contribution < 1.29 is 23.9 Å². The van der Waals surface area contributed by atoms with E-state index in [4.69, 9.17) is 9.47 Å². The molecule has 2 aliphatic rings. The number of carbonyl (C=O) groups is 3. The van der Waals surface area contributed by atoms with Crippen LogP contribution in [0.4, 0.5) is 0 Å². The number of ether oxygens (including phenoxy) is 2. The molecule has 2 saturated heterocycles. The molecule has 3 rings (SSSR count). The Kier molecular flexibility index (Phi) is 7.18. The normalized spacial score (nSPS) is 18.9. The molecule has 2 aliphatic heterocycles. The summed E-state index contributed by atoms with van der Waals surface area (Å²) in [6.07, 6.45) is 1.60. The average Bonchev–Trinajstić information content (AvgIpc) is 3.07. The van der Waals surface area contributed by atoms with Gasteiger partial charge in [-0.05, 0) is 45.1 Å². The molecule has 1 unspecified atom stereocenters. The summed E-state index contributed by atoms with van der Waals surface area (Å²) in [7, 11) is 0. The number of esters is 1. The van der Waals surface area contributed by atoms with E-state index in [-0.39, 0.29) is 23.7 Å². The van der Waals surface area contributed by atoms with Crippen LogP contribution < -0.4 is 0 Å². The molecule has 2 amide bonds. The quantitative estimate of drug-likeness (QED) is 0.739. The number of amides is 2. The number of aryl methyl sites for hydroxylation is 1. The molecule has 1 N–H and O–H groups in total. The van der Waals surface area contributed by atoms with Crippen LogP contribution in [0.15, 0.2) is 0 Å². The zero-order chi connectivity index (χ0) is 21.8. The van der Waals surface area contributed by atoms with Crippen molar-refractivity contribution in [1.82, 2.24) is 14.8 Å². The Hall–Kier alpha value is -2.35. The second-order valence-electron chi connectivity index (χ2n) is 8.20. The Morgan fingerprint density at radius 3 is 2.33 bits per heavy atom. The van der Waals surface area contributed by atoms with Crippen LogP contribution in [0.1, 0.15) is 58.8 Å². The monoisotopic (exact) mass is 419 g/mol. The minimum absolute atomic E-state index is 0.0507. The van der Waals surface area contributed by atoms with Gasteiger partial charge in [0, 0.05) is 37.8 Å². The fraction of sp³-hybridized carbons (Fsp3) is 0.682. The summed E-state index contributed by atoms with van der Waals surface area (Å²) in [5.74, 6) is -0.0945. The molecule has 1 aromatic rings. The molecule has 166 valence electrons. The van der Waals surface area contributed by atoms with Crippen LogP contribution in [-0.4, -0.2) is 78.6 Å². The van der Waals surface area contributed by atoms with Gasteiger partial charge in [0.25, 0.3) is 5.91 Å². The van der Waals surface area contributed by atoms with E-state index in [0.717, 1.165) is 12.8 Å². The Labute approximate surface area is 177 Å². The van der Waals surface area contributed by atoms with Gasteiger partial charge in [0.05, 0.1) is 25.4 Å². The van der Waals surface area contributed by atoms with Gasteiger partial charge in [0.1, 0.15) is 5.69 Å². The molecule has 0 radical (unpaired) electrons. The summed E-state index contributed by atoms with van der Waals surface area (Å²) in [6.45, 7) is 11.4. The third-order valence-corrected chi connectivity index (χ3v) is 6.38. The number of nitrogens with one attached hydrogen (secondary N) is 1. The summed E-state index contributed by atoms with van der Waals surface area (Å²) >= 11 is 0. The van der Waals surface area contributed by atoms with Crippen LogP contribution in [0.3, 0.4) is 0 Å². The molecule has 0 aliphatic carbocycles. The Balaban J connectivity index is 1.61. The maximum Gasteiger partial charge on any atom is 0.340 e. The van der Waals surface area contributed by atoms with Crippen LogP contribution in [0.5, 0.6) is 0 Å². The number of piperidine rings is 1. The fourth-order valence-corrected chi connectivity index (χ4v) is 4.51. The first-order chi connectivity index (χ1) is 14.3. The molecule has 1 aromatic heterocycles. The van der Waals surface area contributed by atoms with Gasteiger partial charge >= 0.3 is 5.97 Å². The summed E-state index contributed by atoms with van der Waals surface area (Å²) in [6, 6.07) is 0. The molecule has 1 atom stereocenters. The Bertz CT molecular complexity index is 789. The number of morpholine rings is 1. The number of nitrogens with zero attached hydrogens (tertiary/aromatic N) is 2. The molecule has 3 heterocycles. The third kappa shape index (κ3) is 4.53. The van der Waals surface area contributed by atoms with E-state index < -0.39 is 5.97 Å². The second-order valence-corrected chi connectivity index (χ2v) is 8.20. The van der Waals surface area contributed by atoms with Gasteiger partial charge in [-0.3, -0.25) is 9.59 Å². The molecule has 8 nitrogen and oxygen atoms in total. The molecular weight excluding hydrogens is 386 g/mol. The first kappa shape index (κ1) is 22.3. The first-order valence-corrected chi connectivity index (χ1v) is 10.9. The van der Waals surface area contributed by atoms with Gasteiger partial charge in [0.15, 0.2) is 0 Å². The largest absolute Gasteiger partial charge is 0.462 e. The third-order valence-electron chi connectivity index (χ3n) is 6.38. The van der Waals surface area contributed by atoms with Crippen molar-refractivity contribution in [3.05, 3.63) is 22.5 Å². The Morgan fingerprint density at radius 2 is 1.73 bits per heavy atom. The molecule has 0 bridgehead atoms. The predicted molar refractivity (Wildman–Crippen MR) is 111 cm³/mol. The smallest absolute Gasteiger partial charge is 0.340 e. The van der Waals surface area contributed by atoms with Crippen molar-refractivity contribution in [2.45, 2.75) is 40.5 Å². The lowest BCUT2D eigenvalue weighted by molar-refractivity contribution is -0.141. The number of aromatic nitrogens is 1. The number of hydrogen-bond acceptors (Lipinski definition) is 5. The van der Waals surface area contributed by atoms with Crippen molar-refractivity contribution in [2.75, 3.05) is 46.0 Å². The SMILES string of the molecule is CCOC(=O)c1c(C)[nH]c(C(=O)N2CCC(C(C)C(=O)N3CCOCC3)CC2)c1C. The molecule has 8 heteroatoms. The Morgan fingerprint density at radius 1 is 1.10 bits per heavy atom. The lowest BCUT2D eigenvalue weighted by Crippen LogP contribution is -2.47. The van der Waals surface area contributed by atoms with Gasteiger partial charge in [-0.2, -0.15) is 0 Å². The molecule has 0 spiro atoms. The van der Waals surface area contributed by atoms with Crippen molar-refractivity contribution >= 4 is 17.8 Å². The zero-order valence-corrected chi connectivity index (χ0v) is 18.5. The minimum Gasteiger partial charge on any atom is -0.462 e. The summed E-state index contributed by atoms with van der Waals surface area (Å²) in [5, 5.41) is 0. The first-order valence-electron chi connectivity index (χ1n) is 10.9. The number of hydrogen-bond donors (Lipinski definition) is 1. The number of carbonyl (C=O) groups excluding carboxylic acids is 3. The second kappa shape index (κ2) is 9.64. The van der Waals surface area contributed by atoms with Crippen molar-refractivity contribution in [2.24, 2.45) is 11.8 Å². The van der Waals surface area contributed by atoms with Crippen LogP contribution in [0, 0.1) is 25.7 Å². The van der Waals surface area contributed by atoms with Gasteiger partial charge in [-0.15, -0.1) is 0 Å². The maximum absolute atomic E-state index is 13.1. The fourth-order valence-electron chi connectivity index (χ4n) is 4.51. The van der Waals surface area contributed by atoms with E-state index >= 15 is 0 Å². The maximum atomic E-state index is 13.1. The highest BCUT2D eigenvalue weighted by Crippen LogP contribution is 2.28. The number of aromatic amines is 1. The number of likely N-dealkylation sites (tertiary alicyclic amines) is 1. The van der Waals surface area contributed by atoms with E-state index in [9.17, 15) is 14.4 Å². The van der Waals surface area contributed by atoms with E-state index in [0.29, 0.717) is 68.5 Å². The van der Waals surface area contributed by atoms with Crippen LogP contribution >= 0.6 is 0 Å². The summed E-state index contributed by atoms with van der Waals surface area (Å²) in [5.41, 5.74) is 2.18. The molecule has 0 aromatic carbocycles. The van der Waals surface area contributed by atoms with Gasteiger partial charge in [-0.25, -0.2) is 4.79 Å². The lowest BCUT2D eigenvalue weighted by atomic mass is 9.84. The molecule has 30 heavy (non-hydrogen) atoms. The van der Waals surface area contributed by atoms with Crippen LogP contribution in [0.25, 0.3) is 0 Å².